The lowest BCUT2D eigenvalue weighted by atomic mass is 10.2. The Morgan fingerprint density at radius 1 is 1.44 bits per heavy atom. The number of hydrogen-bond acceptors (Lipinski definition) is 4. The summed E-state index contributed by atoms with van der Waals surface area (Å²) >= 11 is 0. The highest BCUT2D eigenvalue weighted by Gasteiger charge is 2.07. The molecule has 0 N–H and O–H groups in total. The highest BCUT2D eigenvalue weighted by Crippen LogP contribution is 2.24. The number of methoxy groups -OCH3 is 1. The van der Waals surface area contributed by atoms with Crippen molar-refractivity contribution in [2.45, 2.75) is 20.1 Å². The first kappa shape index (κ1) is 12.5. The predicted molar refractivity (Wildman–Crippen MR) is 60.1 cm³/mol. The molecule has 0 aliphatic heterocycles. The third-order valence-electron chi connectivity index (χ3n) is 2.04. The van der Waals surface area contributed by atoms with Gasteiger partial charge in [-0.3, -0.25) is 4.79 Å². The van der Waals surface area contributed by atoms with Gasteiger partial charge in [0.2, 0.25) is 0 Å². The van der Waals surface area contributed by atoms with Gasteiger partial charge in [0.15, 0.2) is 12.6 Å². The molecule has 16 heavy (non-hydrogen) atoms. The van der Waals surface area contributed by atoms with E-state index in [-0.39, 0.29) is 6.29 Å². The maximum atomic E-state index is 10.7. The fourth-order valence-electron chi connectivity index (χ4n) is 1.32. The van der Waals surface area contributed by atoms with Crippen molar-refractivity contribution < 1.29 is 19.0 Å². The molecule has 0 saturated heterocycles. The van der Waals surface area contributed by atoms with Crippen molar-refractivity contribution in [3.05, 3.63) is 23.8 Å². The van der Waals surface area contributed by atoms with E-state index in [0.29, 0.717) is 23.7 Å². The molecule has 1 unspecified atom stereocenters. The van der Waals surface area contributed by atoms with Crippen molar-refractivity contribution >= 4 is 6.29 Å². The Hall–Kier alpha value is -1.55. The average molecular weight is 224 g/mol. The van der Waals surface area contributed by atoms with Crippen LogP contribution in [0.15, 0.2) is 18.2 Å². The largest absolute Gasteiger partial charge is 0.496 e. The summed E-state index contributed by atoms with van der Waals surface area (Å²) in [6.07, 6.45) is 0.422. The summed E-state index contributed by atoms with van der Waals surface area (Å²) < 4.78 is 15.8. The van der Waals surface area contributed by atoms with Crippen LogP contribution in [0.2, 0.25) is 0 Å². The van der Waals surface area contributed by atoms with Gasteiger partial charge in [-0.05, 0) is 26.0 Å². The summed E-state index contributed by atoms with van der Waals surface area (Å²) in [5, 5.41) is 0. The van der Waals surface area contributed by atoms with E-state index in [0.717, 1.165) is 6.29 Å². The molecule has 0 bridgehead atoms. The molecule has 0 aromatic heterocycles. The van der Waals surface area contributed by atoms with Gasteiger partial charge >= 0.3 is 0 Å². The summed E-state index contributed by atoms with van der Waals surface area (Å²) in [5.41, 5.74) is 0.499. The Kier molecular flexibility index (Phi) is 4.79. The smallest absolute Gasteiger partial charge is 0.196 e. The van der Waals surface area contributed by atoms with Crippen LogP contribution in [0.3, 0.4) is 0 Å². The number of ether oxygens (including phenoxy) is 3. The minimum atomic E-state index is -0.322. The number of rotatable bonds is 6. The fourth-order valence-corrected chi connectivity index (χ4v) is 1.32. The molecule has 0 amide bonds. The molecule has 0 saturated carbocycles. The normalized spacial score (nSPS) is 11.9. The Morgan fingerprint density at radius 2 is 2.19 bits per heavy atom. The molecular formula is C12H16O4. The van der Waals surface area contributed by atoms with Crippen molar-refractivity contribution in [1.82, 2.24) is 0 Å². The zero-order chi connectivity index (χ0) is 12.0. The van der Waals surface area contributed by atoms with Gasteiger partial charge in [-0.15, -0.1) is 0 Å². The van der Waals surface area contributed by atoms with E-state index in [2.05, 4.69) is 0 Å². The van der Waals surface area contributed by atoms with Gasteiger partial charge in [0, 0.05) is 12.7 Å². The molecule has 0 fully saturated rings. The van der Waals surface area contributed by atoms with Gasteiger partial charge in [-0.1, -0.05) is 0 Å². The standard InChI is InChI=1S/C12H16O4/c1-4-15-9(2)16-11-6-5-10(8-13)12(7-11)14-3/h5-9H,4H2,1-3H3. The van der Waals surface area contributed by atoms with Crippen LogP contribution in [0.1, 0.15) is 24.2 Å². The van der Waals surface area contributed by atoms with Crippen molar-refractivity contribution in [2.24, 2.45) is 0 Å². The molecule has 4 nitrogen and oxygen atoms in total. The van der Waals surface area contributed by atoms with Gasteiger partial charge < -0.3 is 14.2 Å². The Balaban J connectivity index is 2.78. The van der Waals surface area contributed by atoms with Gasteiger partial charge in [-0.2, -0.15) is 0 Å². The molecule has 1 rings (SSSR count). The number of aldehydes is 1. The van der Waals surface area contributed by atoms with Gasteiger partial charge in [0.05, 0.1) is 12.7 Å². The van der Waals surface area contributed by atoms with Crippen LogP contribution < -0.4 is 9.47 Å². The summed E-state index contributed by atoms with van der Waals surface area (Å²) in [5.74, 6) is 1.11. The monoisotopic (exact) mass is 224 g/mol. The Bertz CT molecular complexity index is 349. The minimum Gasteiger partial charge on any atom is -0.496 e. The van der Waals surface area contributed by atoms with Crippen molar-refractivity contribution in [1.29, 1.82) is 0 Å². The van der Waals surface area contributed by atoms with Gasteiger partial charge in [0.25, 0.3) is 0 Å². The Labute approximate surface area is 95.1 Å². The summed E-state index contributed by atoms with van der Waals surface area (Å²) in [6, 6.07) is 5.03. The number of benzene rings is 1. The molecule has 4 heteroatoms. The molecule has 88 valence electrons. The molecular weight excluding hydrogens is 208 g/mol. The lowest BCUT2D eigenvalue weighted by Crippen LogP contribution is -2.15. The lowest BCUT2D eigenvalue weighted by Gasteiger charge is -2.15. The third-order valence-corrected chi connectivity index (χ3v) is 2.04. The quantitative estimate of drug-likeness (QED) is 0.549. The van der Waals surface area contributed by atoms with E-state index < -0.39 is 0 Å². The number of carbonyl (C=O) groups is 1. The van der Waals surface area contributed by atoms with E-state index in [9.17, 15) is 4.79 Å². The van der Waals surface area contributed by atoms with Crippen LogP contribution >= 0.6 is 0 Å². The summed E-state index contributed by atoms with van der Waals surface area (Å²) in [7, 11) is 1.51. The van der Waals surface area contributed by atoms with Crippen molar-refractivity contribution in [3.63, 3.8) is 0 Å². The molecule has 1 atom stereocenters. The van der Waals surface area contributed by atoms with Crippen LogP contribution in [0.4, 0.5) is 0 Å². The highest BCUT2D eigenvalue weighted by molar-refractivity contribution is 5.79. The van der Waals surface area contributed by atoms with E-state index in [1.807, 2.05) is 13.8 Å². The van der Waals surface area contributed by atoms with Crippen LogP contribution in [0.25, 0.3) is 0 Å². The second-order valence-electron chi connectivity index (χ2n) is 3.16. The van der Waals surface area contributed by atoms with E-state index >= 15 is 0 Å². The van der Waals surface area contributed by atoms with Crippen molar-refractivity contribution in [2.75, 3.05) is 13.7 Å². The van der Waals surface area contributed by atoms with E-state index in [4.69, 9.17) is 14.2 Å². The third kappa shape index (κ3) is 3.24. The molecule has 0 aliphatic carbocycles. The zero-order valence-electron chi connectivity index (χ0n) is 9.73. The molecule has 1 aromatic carbocycles. The first-order valence-electron chi connectivity index (χ1n) is 5.12. The second-order valence-corrected chi connectivity index (χ2v) is 3.16. The summed E-state index contributed by atoms with van der Waals surface area (Å²) in [4.78, 5) is 10.7. The van der Waals surface area contributed by atoms with Crippen LogP contribution in [0, 0.1) is 0 Å². The predicted octanol–water partition coefficient (Wildman–Crippen LogP) is 2.27. The van der Waals surface area contributed by atoms with Crippen LogP contribution in [-0.2, 0) is 4.74 Å². The average Bonchev–Trinajstić information content (AvgIpc) is 2.29. The minimum absolute atomic E-state index is 0.322. The zero-order valence-corrected chi connectivity index (χ0v) is 9.73. The van der Waals surface area contributed by atoms with E-state index in [1.54, 1.807) is 18.2 Å². The maximum Gasteiger partial charge on any atom is 0.196 e. The number of carbonyl (C=O) groups excluding carboxylic acids is 1. The van der Waals surface area contributed by atoms with Gasteiger partial charge in [0.1, 0.15) is 11.5 Å². The maximum absolute atomic E-state index is 10.7. The topological polar surface area (TPSA) is 44.8 Å². The first-order valence-corrected chi connectivity index (χ1v) is 5.12. The number of hydrogen-bond donors (Lipinski definition) is 0. The van der Waals surface area contributed by atoms with Crippen LogP contribution in [0.5, 0.6) is 11.5 Å². The molecule has 0 radical (unpaired) electrons. The first-order chi connectivity index (χ1) is 7.71. The molecule has 0 heterocycles. The lowest BCUT2D eigenvalue weighted by molar-refractivity contribution is -0.0613. The molecule has 0 spiro atoms. The van der Waals surface area contributed by atoms with Gasteiger partial charge in [-0.25, -0.2) is 0 Å². The Morgan fingerprint density at radius 3 is 2.75 bits per heavy atom. The van der Waals surface area contributed by atoms with E-state index in [1.165, 1.54) is 7.11 Å². The SMILES string of the molecule is CCOC(C)Oc1ccc(C=O)c(OC)c1. The summed E-state index contributed by atoms with van der Waals surface area (Å²) in [6.45, 7) is 4.30. The van der Waals surface area contributed by atoms with Crippen molar-refractivity contribution in [3.8, 4) is 11.5 Å². The fraction of sp³-hybridized carbons (Fsp3) is 0.417. The second kappa shape index (κ2) is 6.12. The molecule has 1 aromatic rings. The molecule has 0 aliphatic rings. The van der Waals surface area contributed by atoms with Crippen LogP contribution in [-0.4, -0.2) is 26.3 Å². The highest BCUT2D eigenvalue weighted by atomic mass is 16.7.